The molecule has 6 nitrogen and oxygen atoms in total. The molecule has 0 spiro atoms. The van der Waals surface area contributed by atoms with Gasteiger partial charge in [-0.25, -0.2) is 0 Å². The normalized spacial score (nSPS) is 23.4. The van der Waals surface area contributed by atoms with E-state index >= 15 is 0 Å². The first kappa shape index (κ1) is 14.8. The number of rotatable bonds is 3. The lowest BCUT2D eigenvalue weighted by atomic mass is 9.80. The van der Waals surface area contributed by atoms with Gasteiger partial charge in [-0.1, -0.05) is 0 Å². The monoisotopic (exact) mass is 303 g/mol. The number of fused-ring (bicyclic) bond motifs is 3. The van der Waals surface area contributed by atoms with Crippen LogP contribution in [0, 0.1) is 16.0 Å². The van der Waals surface area contributed by atoms with E-state index in [0.29, 0.717) is 13.0 Å². The molecule has 0 aromatic heterocycles. The zero-order chi connectivity index (χ0) is 15.7. The van der Waals surface area contributed by atoms with Crippen LogP contribution in [0.1, 0.15) is 31.7 Å². The van der Waals surface area contributed by atoms with Crippen LogP contribution >= 0.6 is 0 Å². The first-order chi connectivity index (χ1) is 10.6. The van der Waals surface area contributed by atoms with Gasteiger partial charge in [-0.15, -0.1) is 0 Å². The molecule has 1 amide bonds. The topological polar surface area (TPSA) is 75.5 Å². The molecule has 0 bridgehead atoms. The summed E-state index contributed by atoms with van der Waals surface area (Å²) in [6, 6.07) is 5.26. The molecule has 0 saturated carbocycles. The molecule has 1 fully saturated rings. The molecule has 1 saturated heterocycles. The molecule has 2 aliphatic rings. The molecule has 0 radical (unpaired) electrons. The molecule has 2 unspecified atom stereocenters. The Morgan fingerprint density at radius 1 is 1.45 bits per heavy atom. The van der Waals surface area contributed by atoms with Crippen molar-refractivity contribution in [3.63, 3.8) is 0 Å². The van der Waals surface area contributed by atoms with Gasteiger partial charge in [-0.2, -0.15) is 0 Å². The van der Waals surface area contributed by atoms with Crippen molar-refractivity contribution in [2.45, 2.75) is 38.6 Å². The Morgan fingerprint density at radius 3 is 3.00 bits per heavy atom. The zero-order valence-corrected chi connectivity index (χ0v) is 12.7. The second kappa shape index (κ2) is 5.94. The van der Waals surface area contributed by atoms with Gasteiger partial charge < -0.3 is 10.2 Å². The van der Waals surface area contributed by atoms with Crippen LogP contribution in [0.3, 0.4) is 0 Å². The molecule has 6 heteroatoms. The fraction of sp³-hybridized carbons (Fsp3) is 0.562. The molecule has 1 aromatic carbocycles. The highest BCUT2D eigenvalue weighted by atomic mass is 16.6. The van der Waals surface area contributed by atoms with Crippen molar-refractivity contribution in [3.05, 3.63) is 33.9 Å². The van der Waals surface area contributed by atoms with Crippen LogP contribution in [-0.4, -0.2) is 30.0 Å². The molecule has 1 N–H and O–H groups in total. The molecule has 3 rings (SSSR count). The van der Waals surface area contributed by atoms with Crippen LogP contribution in [0.25, 0.3) is 0 Å². The summed E-state index contributed by atoms with van der Waals surface area (Å²) in [5.74, 6) is -0.0497. The number of nitro benzene ring substituents is 1. The number of hydrogen-bond donors (Lipinski definition) is 1. The molecule has 2 aliphatic heterocycles. The standard InChI is InChI=1S/C16H21N3O3/c1-2-17-16(20)13-10-11-9-12(19(21)22)6-7-14(11)18-8-4-3-5-15(13)18/h6-7,9,13,15H,2-5,8,10H2,1H3,(H,17,20). The third-order valence-electron chi connectivity index (χ3n) is 4.72. The van der Waals surface area contributed by atoms with Crippen LogP contribution in [0.2, 0.25) is 0 Å². The van der Waals surface area contributed by atoms with E-state index < -0.39 is 0 Å². The lowest BCUT2D eigenvalue weighted by Gasteiger charge is -2.45. The van der Waals surface area contributed by atoms with Gasteiger partial charge in [0.05, 0.1) is 10.8 Å². The van der Waals surface area contributed by atoms with E-state index in [0.717, 1.165) is 37.1 Å². The maximum absolute atomic E-state index is 12.4. The number of benzene rings is 1. The molecule has 2 atom stereocenters. The fourth-order valence-electron chi connectivity index (χ4n) is 3.75. The Labute approximate surface area is 129 Å². The third kappa shape index (κ3) is 2.53. The Hall–Kier alpha value is -2.11. The van der Waals surface area contributed by atoms with Gasteiger partial charge in [0.2, 0.25) is 5.91 Å². The Balaban J connectivity index is 1.98. The number of carbonyl (C=O) groups is 1. The van der Waals surface area contributed by atoms with Gasteiger partial charge in [0, 0.05) is 37.0 Å². The largest absolute Gasteiger partial charge is 0.368 e. The van der Waals surface area contributed by atoms with Crippen molar-refractivity contribution < 1.29 is 9.72 Å². The highest BCUT2D eigenvalue weighted by Crippen LogP contribution is 2.39. The summed E-state index contributed by atoms with van der Waals surface area (Å²) in [6.45, 7) is 3.45. The van der Waals surface area contributed by atoms with Crippen molar-refractivity contribution in [2.75, 3.05) is 18.0 Å². The summed E-state index contributed by atoms with van der Waals surface area (Å²) in [5, 5.41) is 13.9. The van der Waals surface area contributed by atoms with Crippen molar-refractivity contribution >= 4 is 17.3 Å². The molecule has 0 aliphatic carbocycles. The second-order valence-electron chi connectivity index (χ2n) is 6.03. The first-order valence-electron chi connectivity index (χ1n) is 7.93. The van der Waals surface area contributed by atoms with Crippen molar-refractivity contribution in [1.82, 2.24) is 5.32 Å². The van der Waals surface area contributed by atoms with Gasteiger partial charge in [0.25, 0.3) is 5.69 Å². The van der Waals surface area contributed by atoms with E-state index in [1.807, 2.05) is 13.0 Å². The smallest absolute Gasteiger partial charge is 0.269 e. The number of piperidine rings is 1. The number of non-ortho nitro benzene ring substituents is 1. The van der Waals surface area contributed by atoms with Crippen LogP contribution in [-0.2, 0) is 11.2 Å². The van der Waals surface area contributed by atoms with Crippen LogP contribution in [0.5, 0.6) is 0 Å². The van der Waals surface area contributed by atoms with E-state index in [1.54, 1.807) is 12.1 Å². The van der Waals surface area contributed by atoms with Gasteiger partial charge in [0.15, 0.2) is 0 Å². The first-order valence-corrected chi connectivity index (χ1v) is 7.93. The minimum Gasteiger partial charge on any atom is -0.368 e. The van der Waals surface area contributed by atoms with Crippen molar-refractivity contribution in [3.8, 4) is 0 Å². The second-order valence-corrected chi connectivity index (χ2v) is 6.03. The predicted molar refractivity (Wildman–Crippen MR) is 84.0 cm³/mol. The van der Waals surface area contributed by atoms with Gasteiger partial charge in [0.1, 0.15) is 0 Å². The zero-order valence-electron chi connectivity index (χ0n) is 12.7. The van der Waals surface area contributed by atoms with Crippen LogP contribution in [0.4, 0.5) is 11.4 Å². The van der Waals surface area contributed by atoms with Gasteiger partial charge in [-0.3, -0.25) is 14.9 Å². The Bertz CT molecular complexity index is 602. The average molecular weight is 303 g/mol. The molecule has 1 aromatic rings. The number of amides is 1. The molecule has 2 heterocycles. The summed E-state index contributed by atoms with van der Waals surface area (Å²) >= 11 is 0. The van der Waals surface area contributed by atoms with E-state index in [1.165, 1.54) is 0 Å². The average Bonchev–Trinajstić information content (AvgIpc) is 2.53. The summed E-state index contributed by atoms with van der Waals surface area (Å²) in [4.78, 5) is 25.3. The highest BCUT2D eigenvalue weighted by molar-refractivity contribution is 5.82. The lowest BCUT2D eigenvalue weighted by molar-refractivity contribution is -0.384. The Kier molecular flexibility index (Phi) is 4.00. The molecular formula is C16H21N3O3. The van der Waals surface area contributed by atoms with E-state index in [4.69, 9.17) is 0 Å². The SMILES string of the molecule is CCNC(=O)C1Cc2cc([N+](=O)[O-])ccc2N2CCCCC12. The van der Waals surface area contributed by atoms with Gasteiger partial charge >= 0.3 is 0 Å². The predicted octanol–water partition coefficient (Wildman–Crippen LogP) is 2.26. The van der Waals surface area contributed by atoms with Crippen molar-refractivity contribution in [2.24, 2.45) is 5.92 Å². The summed E-state index contributed by atoms with van der Waals surface area (Å²) in [6.07, 6.45) is 3.84. The van der Waals surface area contributed by atoms with E-state index in [9.17, 15) is 14.9 Å². The van der Waals surface area contributed by atoms with Gasteiger partial charge in [-0.05, 0) is 44.2 Å². The number of hydrogen-bond acceptors (Lipinski definition) is 4. The molecule has 22 heavy (non-hydrogen) atoms. The van der Waals surface area contributed by atoms with Crippen LogP contribution in [0.15, 0.2) is 18.2 Å². The summed E-state index contributed by atoms with van der Waals surface area (Å²) < 4.78 is 0. The minimum atomic E-state index is -0.371. The number of anilines is 1. The van der Waals surface area contributed by atoms with Crippen molar-refractivity contribution in [1.29, 1.82) is 0 Å². The summed E-state index contributed by atoms with van der Waals surface area (Å²) in [5.41, 5.74) is 2.09. The van der Waals surface area contributed by atoms with E-state index in [2.05, 4.69) is 10.2 Å². The quantitative estimate of drug-likeness (QED) is 0.686. The maximum Gasteiger partial charge on any atom is 0.269 e. The third-order valence-corrected chi connectivity index (χ3v) is 4.72. The highest BCUT2D eigenvalue weighted by Gasteiger charge is 2.39. The fourth-order valence-corrected chi connectivity index (χ4v) is 3.75. The van der Waals surface area contributed by atoms with E-state index in [-0.39, 0.29) is 28.5 Å². The van der Waals surface area contributed by atoms with Crippen LogP contribution < -0.4 is 10.2 Å². The maximum atomic E-state index is 12.4. The number of nitrogens with zero attached hydrogens (tertiary/aromatic N) is 2. The molecular weight excluding hydrogens is 282 g/mol. The Morgan fingerprint density at radius 2 is 2.27 bits per heavy atom. The summed E-state index contributed by atoms with van der Waals surface area (Å²) in [7, 11) is 0. The number of carbonyl (C=O) groups excluding carboxylic acids is 1. The minimum absolute atomic E-state index is 0.0663. The lowest BCUT2D eigenvalue weighted by Crippen LogP contribution is -2.53. The number of nitro groups is 1. The number of nitrogens with one attached hydrogen (secondary N) is 1. The molecule has 118 valence electrons.